The van der Waals surface area contributed by atoms with Crippen molar-refractivity contribution in [3.05, 3.63) is 67.0 Å². The number of carbonyl (C=O) groups excluding carboxylic acids is 2. The van der Waals surface area contributed by atoms with Crippen molar-refractivity contribution in [3.8, 4) is 5.75 Å². The maximum Gasteiger partial charge on any atom is 0.248 e. The second-order valence-corrected chi connectivity index (χ2v) is 12.9. The molecule has 1 heterocycles. The van der Waals surface area contributed by atoms with Crippen LogP contribution in [0, 0.1) is 0 Å². The van der Waals surface area contributed by atoms with Crippen LogP contribution in [-0.4, -0.2) is 74.3 Å². The van der Waals surface area contributed by atoms with E-state index in [1.807, 2.05) is 31.1 Å². The van der Waals surface area contributed by atoms with Gasteiger partial charge in [-0.15, -0.1) is 0 Å². The van der Waals surface area contributed by atoms with Crippen molar-refractivity contribution in [2.75, 3.05) is 62.7 Å². The predicted octanol–water partition coefficient (Wildman–Crippen LogP) is 3.94. The third-order valence-corrected chi connectivity index (χ3v) is 7.41. The number of ether oxygens (including phenoxy) is 1. The van der Waals surface area contributed by atoms with Crippen LogP contribution in [0.4, 0.5) is 28.7 Å². The highest BCUT2D eigenvalue weighted by atomic mass is 35.5. The first-order chi connectivity index (χ1) is 19.0. The molecule has 0 spiro atoms. The summed E-state index contributed by atoms with van der Waals surface area (Å²) < 4.78 is 19.5. The van der Waals surface area contributed by atoms with E-state index in [-0.39, 0.29) is 11.9 Å². The number of nitrogens with zero attached hydrogens (tertiary/aromatic N) is 4. The standard InChI is InChI=1S/C27H33ClN7O4P/c1-34(2)15-14-29-25(36)12-13-26(37)32-19-10-11-23(39-3)21(16-19)33-27-30-17-20(18-31-27)35(28)22-8-6-7-9-24(22)40(4,5)38/h6-13,16-18H,14-15H2,1-5H3,(H,29,36)(H,32,37)(H,30,31,33)/b13-12+. The van der Waals surface area contributed by atoms with Crippen molar-refractivity contribution < 1.29 is 18.9 Å². The lowest BCUT2D eigenvalue weighted by atomic mass is 10.2. The Bertz CT molecular complexity index is 1410. The van der Waals surface area contributed by atoms with Crippen LogP contribution in [0.2, 0.25) is 0 Å². The number of halogens is 1. The van der Waals surface area contributed by atoms with Crippen LogP contribution in [0.3, 0.4) is 0 Å². The Balaban J connectivity index is 1.69. The van der Waals surface area contributed by atoms with Gasteiger partial charge in [-0.3, -0.25) is 9.59 Å². The Kier molecular flexibility index (Phi) is 10.7. The third-order valence-electron chi connectivity index (χ3n) is 5.50. The average Bonchev–Trinajstić information content (AvgIpc) is 2.91. The molecular weight excluding hydrogens is 553 g/mol. The molecule has 0 aliphatic heterocycles. The molecule has 0 aliphatic rings. The SMILES string of the molecule is COc1ccc(NC(=O)/C=C/C(=O)NCCN(C)C)cc1Nc1ncc(N(Cl)c2ccccc2P(C)(C)=O)cn1. The summed E-state index contributed by atoms with van der Waals surface area (Å²) in [5.74, 6) is -0.0661. The van der Waals surface area contributed by atoms with Gasteiger partial charge in [-0.2, -0.15) is 0 Å². The molecular formula is C27H33ClN7O4P. The molecule has 0 unspecified atom stereocenters. The molecule has 13 heteroatoms. The fourth-order valence-electron chi connectivity index (χ4n) is 3.51. The van der Waals surface area contributed by atoms with Gasteiger partial charge in [0.05, 0.1) is 36.6 Å². The molecule has 0 saturated heterocycles. The minimum atomic E-state index is -2.58. The molecule has 212 valence electrons. The number of benzene rings is 2. The molecule has 0 fully saturated rings. The number of nitrogens with one attached hydrogen (secondary N) is 3. The van der Waals surface area contributed by atoms with Gasteiger partial charge in [-0.25, -0.2) is 14.4 Å². The van der Waals surface area contributed by atoms with Crippen LogP contribution in [0.5, 0.6) is 5.75 Å². The van der Waals surface area contributed by atoms with Crippen molar-refractivity contribution in [1.82, 2.24) is 20.2 Å². The third kappa shape index (κ3) is 8.81. The summed E-state index contributed by atoms with van der Waals surface area (Å²) in [6.07, 6.45) is 5.40. The first kappa shape index (κ1) is 30.6. The van der Waals surface area contributed by atoms with E-state index in [9.17, 15) is 14.2 Å². The summed E-state index contributed by atoms with van der Waals surface area (Å²) in [4.78, 5) is 34.8. The molecule has 2 aromatic carbocycles. The van der Waals surface area contributed by atoms with Gasteiger partial charge in [0, 0.05) is 48.0 Å². The highest BCUT2D eigenvalue weighted by Gasteiger charge is 2.20. The van der Waals surface area contributed by atoms with Crippen LogP contribution in [0.1, 0.15) is 0 Å². The van der Waals surface area contributed by atoms with Gasteiger partial charge in [0.2, 0.25) is 17.8 Å². The average molecular weight is 586 g/mol. The molecule has 3 aromatic rings. The van der Waals surface area contributed by atoms with E-state index >= 15 is 0 Å². The molecule has 0 bridgehead atoms. The second kappa shape index (κ2) is 13.9. The van der Waals surface area contributed by atoms with E-state index in [0.29, 0.717) is 46.9 Å². The maximum absolute atomic E-state index is 12.7. The van der Waals surface area contributed by atoms with E-state index in [1.54, 1.807) is 43.7 Å². The molecule has 40 heavy (non-hydrogen) atoms. The first-order valence-corrected chi connectivity index (χ1v) is 15.2. The molecule has 0 aliphatic carbocycles. The van der Waals surface area contributed by atoms with Gasteiger partial charge in [-0.05, 0) is 57.8 Å². The summed E-state index contributed by atoms with van der Waals surface area (Å²) in [5.41, 5.74) is 2.05. The summed E-state index contributed by atoms with van der Waals surface area (Å²) >= 11 is 6.57. The molecule has 0 saturated carbocycles. The summed E-state index contributed by atoms with van der Waals surface area (Å²) in [5, 5.41) is 9.13. The number of hydrogen-bond donors (Lipinski definition) is 3. The van der Waals surface area contributed by atoms with Gasteiger partial charge in [-0.1, -0.05) is 12.1 Å². The fourth-order valence-corrected chi connectivity index (χ4v) is 4.98. The van der Waals surface area contributed by atoms with E-state index in [2.05, 4.69) is 25.9 Å². The summed E-state index contributed by atoms with van der Waals surface area (Å²) in [6, 6.07) is 12.2. The maximum atomic E-state index is 12.7. The second-order valence-electron chi connectivity index (χ2n) is 9.34. The number of hydrogen-bond acceptors (Lipinski definition) is 9. The Morgan fingerprint density at radius 1 is 1.05 bits per heavy atom. The van der Waals surface area contributed by atoms with Crippen LogP contribution in [0.15, 0.2) is 67.0 Å². The van der Waals surface area contributed by atoms with E-state index < -0.39 is 13.0 Å². The molecule has 11 nitrogen and oxygen atoms in total. The number of para-hydroxylation sites is 1. The Labute approximate surface area is 239 Å². The van der Waals surface area contributed by atoms with Crippen molar-refractivity contribution in [2.45, 2.75) is 0 Å². The van der Waals surface area contributed by atoms with Gasteiger partial charge in [0.25, 0.3) is 0 Å². The number of rotatable bonds is 12. The van der Waals surface area contributed by atoms with Crippen molar-refractivity contribution in [2.24, 2.45) is 0 Å². The number of likely N-dealkylation sites (N-methyl/N-ethyl adjacent to an activating group) is 1. The fraction of sp³-hybridized carbons (Fsp3) is 0.259. The predicted molar refractivity (Wildman–Crippen MR) is 161 cm³/mol. The summed E-state index contributed by atoms with van der Waals surface area (Å²) in [6.45, 7) is 4.54. The Hall–Kier alpha value is -3.92. The minimum absolute atomic E-state index is 0.259. The normalized spacial score (nSPS) is 11.4. The zero-order valence-electron chi connectivity index (χ0n) is 23.0. The topological polar surface area (TPSA) is 129 Å². The Morgan fingerprint density at radius 2 is 1.73 bits per heavy atom. The number of carbonyl (C=O) groups is 2. The molecule has 3 N–H and O–H groups in total. The van der Waals surface area contributed by atoms with E-state index in [1.165, 1.54) is 30.0 Å². The highest BCUT2D eigenvalue weighted by Crippen LogP contribution is 2.40. The quantitative estimate of drug-likeness (QED) is 0.164. The smallest absolute Gasteiger partial charge is 0.248 e. The largest absolute Gasteiger partial charge is 0.495 e. The number of methoxy groups -OCH3 is 1. The van der Waals surface area contributed by atoms with Crippen LogP contribution in [-0.2, 0) is 14.2 Å². The summed E-state index contributed by atoms with van der Waals surface area (Å²) in [7, 11) is 2.75. The van der Waals surface area contributed by atoms with Gasteiger partial charge >= 0.3 is 0 Å². The minimum Gasteiger partial charge on any atom is -0.495 e. The highest BCUT2D eigenvalue weighted by molar-refractivity contribution is 7.70. The van der Waals surface area contributed by atoms with Gasteiger partial charge in [0.1, 0.15) is 12.9 Å². The zero-order chi connectivity index (χ0) is 29.3. The van der Waals surface area contributed by atoms with Crippen LogP contribution in [0.25, 0.3) is 0 Å². The molecule has 1 aromatic heterocycles. The monoisotopic (exact) mass is 585 g/mol. The van der Waals surface area contributed by atoms with Crippen LogP contribution >= 0.6 is 18.9 Å². The molecule has 3 rings (SSSR count). The molecule has 0 radical (unpaired) electrons. The Morgan fingerprint density at radius 3 is 2.38 bits per heavy atom. The van der Waals surface area contributed by atoms with Gasteiger partial charge in [0.15, 0.2) is 0 Å². The lowest BCUT2D eigenvalue weighted by Gasteiger charge is -2.21. The lowest BCUT2D eigenvalue weighted by molar-refractivity contribution is -0.117. The van der Waals surface area contributed by atoms with Crippen molar-refractivity contribution >= 4 is 64.7 Å². The number of amides is 2. The first-order valence-electron chi connectivity index (χ1n) is 12.3. The zero-order valence-corrected chi connectivity index (χ0v) is 24.7. The van der Waals surface area contributed by atoms with E-state index in [4.69, 9.17) is 16.5 Å². The lowest BCUT2D eigenvalue weighted by Crippen LogP contribution is -2.30. The van der Waals surface area contributed by atoms with Crippen LogP contribution < -0.4 is 30.4 Å². The van der Waals surface area contributed by atoms with Crippen molar-refractivity contribution in [1.29, 1.82) is 0 Å². The van der Waals surface area contributed by atoms with E-state index in [0.717, 1.165) is 6.08 Å². The number of anilines is 5. The van der Waals surface area contributed by atoms with Crippen molar-refractivity contribution in [3.63, 3.8) is 0 Å². The van der Waals surface area contributed by atoms with Gasteiger partial charge < -0.3 is 30.2 Å². The molecule has 2 amide bonds. The number of aromatic nitrogens is 2. The molecule has 0 atom stereocenters.